The number of hydrogen-bond donors (Lipinski definition) is 1. The molecule has 0 atom stereocenters. The van der Waals surface area contributed by atoms with E-state index in [1.807, 2.05) is 38.1 Å². The number of hydrogen-bond acceptors (Lipinski definition) is 2. The van der Waals surface area contributed by atoms with E-state index >= 15 is 0 Å². The van der Waals surface area contributed by atoms with E-state index in [1.165, 1.54) is 0 Å². The molecule has 0 spiro atoms. The fourth-order valence-electron chi connectivity index (χ4n) is 1.52. The Morgan fingerprint density at radius 2 is 2.06 bits per heavy atom. The number of rotatable bonds is 4. The quantitative estimate of drug-likeness (QED) is 0.871. The minimum atomic E-state index is -0.0779. The molecular formula is C13H20N2O2. The van der Waals surface area contributed by atoms with Crippen molar-refractivity contribution >= 4 is 6.03 Å². The van der Waals surface area contributed by atoms with Crippen LogP contribution in [0.3, 0.4) is 0 Å². The van der Waals surface area contributed by atoms with Gasteiger partial charge in [0.25, 0.3) is 0 Å². The van der Waals surface area contributed by atoms with E-state index in [-0.39, 0.29) is 12.1 Å². The molecule has 0 heterocycles. The minimum Gasteiger partial charge on any atom is -0.496 e. The summed E-state index contributed by atoms with van der Waals surface area (Å²) in [4.78, 5) is 13.4. The van der Waals surface area contributed by atoms with Crippen LogP contribution >= 0.6 is 0 Å². The summed E-state index contributed by atoms with van der Waals surface area (Å²) in [6.45, 7) is 4.41. The van der Waals surface area contributed by atoms with Gasteiger partial charge in [0.15, 0.2) is 0 Å². The normalized spacial score (nSPS) is 10.2. The molecule has 0 aromatic heterocycles. The monoisotopic (exact) mass is 236 g/mol. The Bertz CT molecular complexity index is 377. The van der Waals surface area contributed by atoms with Gasteiger partial charge in [-0.25, -0.2) is 4.79 Å². The van der Waals surface area contributed by atoms with Crippen molar-refractivity contribution in [2.75, 3.05) is 14.2 Å². The molecule has 4 heteroatoms. The molecule has 1 aromatic carbocycles. The highest BCUT2D eigenvalue weighted by molar-refractivity contribution is 5.74. The first kappa shape index (κ1) is 13.4. The highest BCUT2D eigenvalue weighted by Crippen LogP contribution is 2.18. The summed E-state index contributed by atoms with van der Waals surface area (Å²) >= 11 is 0. The van der Waals surface area contributed by atoms with Gasteiger partial charge in [-0.3, -0.25) is 0 Å². The summed E-state index contributed by atoms with van der Waals surface area (Å²) in [6, 6.07) is 7.76. The van der Waals surface area contributed by atoms with E-state index in [0.29, 0.717) is 6.54 Å². The molecule has 0 bridgehead atoms. The van der Waals surface area contributed by atoms with Crippen molar-refractivity contribution in [2.24, 2.45) is 0 Å². The van der Waals surface area contributed by atoms with Crippen LogP contribution < -0.4 is 10.1 Å². The lowest BCUT2D eigenvalue weighted by Gasteiger charge is -2.20. The van der Waals surface area contributed by atoms with Crippen LogP contribution in [-0.4, -0.2) is 31.1 Å². The zero-order chi connectivity index (χ0) is 12.8. The van der Waals surface area contributed by atoms with Crippen molar-refractivity contribution in [1.82, 2.24) is 10.2 Å². The van der Waals surface area contributed by atoms with E-state index in [4.69, 9.17) is 4.74 Å². The molecule has 0 unspecified atom stereocenters. The summed E-state index contributed by atoms with van der Waals surface area (Å²) in [5.74, 6) is 0.802. The predicted molar refractivity (Wildman–Crippen MR) is 68.1 cm³/mol. The van der Waals surface area contributed by atoms with Gasteiger partial charge < -0.3 is 15.0 Å². The average Bonchev–Trinajstić information content (AvgIpc) is 2.28. The van der Waals surface area contributed by atoms with Gasteiger partial charge in [0.05, 0.1) is 13.7 Å². The van der Waals surface area contributed by atoms with Gasteiger partial charge in [-0.2, -0.15) is 0 Å². The van der Waals surface area contributed by atoms with Crippen molar-refractivity contribution in [2.45, 2.75) is 26.4 Å². The van der Waals surface area contributed by atoms with E-state index in [0.717, 1.165) is 11.3 Å². The van der Waals surface area contributed by atoms with Crippen LogP contribution in [0, 0.1) is 0 Å². The summed E-state index contributed by atoms with van der Waals surface area (Å²) in [5.41, 5.74) is 0.997. The maximum atomic E-state index is 11.7. The van der Waals surface area contributed by atoms with Gasteiger partial charge in [0.1, 0.15) is 5.75 Å². The number of nitrogens with zero attached hydrogens (tertiary/aromatic N) is 1. The third kappa shape index (κ3) is 3.98. The van der Waals surface area contributed by atoms with Gasteiger partial charge in [-0.15, -0.1) is 0 Å². The van der Waals surface area contributed by atoms with Crippen molar-refractivity contribution in [3.8, 4) is 5.75 Å². The number of methoxy groups -OCH3 is 1. The lowest BCUT2D eigenvalue weighted by Crippen LogP contribution is -2.40. The molecule has 2 amide bonds. The van der Waals surface area contributed by atoms with Gasteiger partial charge in [0, 0.05) is 18.7 Å². The Morgan fingerprint density at radius 1 is 1.41 bits per heavy atom. The first-order valence-corrected chi connectivity index (χ1v) is 5.68. The lowest BCUT2D eigenvalue weighted by atomic mass is 10.2. The van der Waals surface area contributed by atoms with E-state index in [1.54, 1.807) is 19.1 Å². The van der Waals surface area contributed by atoms with Gasteiger partial charge >= 0.3 is 6.03 Å². The molecule has 4 nitrogen and oxygen atoms in total. The van der Waals surface area contributed by atoms with Crippen LogP contribution in [-0.2, 0) is 6.54 Å². The topological polar surface area (TPSA) is 41.6 Å². The average molecular weight is 236 g/mol. The fraction of sp³-hybridized carbons (Fsp3) is 0.462. The zero-order valence-electron chi connectivity index (χ0n) is 10.9. The molecule has 0 radical (unpaired) electrons. The number of urea groups is 1. The second-order valence-electron chi connectivity index (χ2n) is 4.27. The third-order valence-corrected chi connectivity index (χ3v) is 2.36. The molecule has 1 N–H and O–H groups in total. The van der Waals surface area contributed by atoms with Crippen LogP contribution in [0.5, 0.6) is 5.75 Å². The molecule has 1 aromatic rings. The molecule has 1 rings (SSSR count). The Balaban J connectivity index is 2.67. The van der Waals surface area contributed by atoms with Gasteiger partial charge in [-0.05, 0) is 19.9 Å². The van der Waals surface area contributed by atoms with E-state index < -0.39 is 0 Å². The maximum absolute atomic E-state index is 11.7. The summed E-state index contributed by atoms with van der Waals surface area (Å²) in [6.07, 6.45) is 0. The number of benzene rings is 1. The smallest absolute Gasteiger partial charge is 0.317 e. The van der Waals surface area contributed by atoms with Crippen LogP contribution in [0.25, 0.3) is 0 Å². The van der Waals surface area contributed by atoms with Crippen molar-refractivity contribution < 1.29 is 9.53 Å². The molecule has 0 saturated carbocycles. The SMILES string of the molecule is COc1ccccc1CN(C)C(=O)NC(C)C. The standard InChI is InChI=1S/C13H20N2O2/c1-10(2)14-13(16)15(3)9-11-7-5-6-8-12(11)17-4/h5-8,10H,9H2,1-4H3,(H,14,16). The first-order valence-electron chi connectivity index (χ1n) is 5.68. The Morgan fingerprint density at radius 3 is 2.65 bits per heavy atom. The molecule has 0 aliphatic carbocycles. The molecule has 0 aliphatic rings. The molecule has 0 aliphatic heterocycles. The molecule has 17 heavy (non-hydrogen) atoms. The maximum Gasteiger partial charge on any atom is 0.317 e. The first-order chi connectivity index (χ1) is 8.04. The molecular weight excluding hydrogens is 216 g/mol. The number of carbonyl (C=O) groups is 1. The highest BCUT2D eigenvalue weighted by atomic mass is 16.5. The minimum absolute atomic E-state index is 0.0779. The molecule has 0 fully saturated rings. The van der Waals surface area contributed by atoms with Crippen LogP contribution in [0.1, 0.15) is 19.4 Å². The van der Waals surface area contributed by atoms with Crippen molar-refractivity contribution in [3.63, 3.8) is 0 Å². The van der Waals surface area contributed by atoms with Crippen molar-refractivity contribution in [1.29, 1.82) is 0 Å². The van der Waals surface area contributed by atoms with Crippen LogP contribution in [0.2, 0.25) is 0 Å². The van der Waals surface area contributed by atoms with E-state index in [9.17, 15) is 4.79 Å². The number of carbonyl (C=O) groups excluding carboxylic acids is 1. The Kier molecular flexibility index (Phi) is 4.82. The summed E-state index contributed by atoms with van der Waals surface area (Å²) in [7, 11) is 3.40. The van der Waals surface area contributed by atoms with Crippen LogP contribution in [0.15, 0.2) is 24.3 Å². The van der Waals surface area contributed by atoms with Gasteiger partial charge in [-0.1, -0.05) is 18.2 Å². The fourth-order valence-corrected chi connectivity index (χ4v) is 1.52. The Labute approximate surface area is 103 Å². The molecule has 0 saturated heterocycles. The zero-order valence-corrected chi connectivity index (χ0v) is 10.9. The third-order valence-electron chi connectivity index (χ3n) is 2.36. The summed E-state index contributed by atoms with van der Waals surface area (Å²) in [5, 5.41) is 2.85. The molecule has 94 valence electrons. The number of ether oxygens (including phenoxy) is 1. The van der Waals surface area contributed by atoms with Crippen molar-refractivity contribution in [3.05, 3.63) is 29.8 Å². The lowest BCUT2D eigenvalue weighted by molar-refractivity contribution is 0.204. The number of nitrogens with one attached hydrogen (secondary N) is 1. The summed E-state index contributed by atoms with van der Waals surface area (Å²) < 4.78 is 5.25. The predicted octanol–water partition coefficient (Wildman–Crippen LogP) is 2.25. The number of para-hydroxylation sites is 1. The van der Waals surface area contributed by atoms with Crippen LogP contribution in [0.4, 0.5) is 4.79 Å². The second-order valence-corrected chi connectivity index (χ2v) is 4.27. The number of amides is 2. The second kappa shape index (κ2) is 6.13. The van der Waals surface area contributed by atoms with E-state index in [2.05, 4.69) is 5.32 Å². The van der Waals surface area contributed by atoms with Gasteiger partial charge in [0.2, 0.25) is 0 Å². The largest absolute Gasteiger partial charge is 0.496 e. The highest BCUT2D eigenvalue weighted by Gasteiger charge is 2.11. The Hall–Kier alpha value is -1.71.